The molecule has 1 aromatic rings. The van der Waals surface area contributed by atoms with E-state index in [9.17, 15) is 13.2 Å². The summed E-state index contributed by atoms with van der Waals surface area (Å²) in [6.45, 7) is 1.77. The van der Waals surface area contributed by atoms with Crippen molar-refractivity contribution in [1.82, 2.24) is 0 Å². The van der Waals surface area contributed by atoms with Gasteiger partial charge in [-0.25, -0.2) is 0 Å². The van der Waals surface area contributed by atoms with Gasteiger partial charge in [0.2, 0.25) is 0 Å². The first-order valence-corrected chi connectivity index (χ1v) is 4.62. The molecule has 0 amide bonds. The number of halogens is 3. The Bertz CT molecular complexity index is 277. The maximum atomic E-state index is 12.1. The zero-order valence-corrected chi connectivity index (χ0v) is 7.88. The largest absolute Gasteiger partial charge is 0.425 e. The molecule has 1 nitrogen and oxygen atoms in total. The Morgan fingerprint density at radius 1 is 1.46 bits per heavy atom. The molecule has 74 valence electrons. The molecule has 5 heteroatoms. The fourth-order valence-electron chi connectivity index (χ4n) is 0.957. The lowest BCUT2D eigenvalue weighted by molar-refractivity contribution is -0.134. The lowest BCUT2D eigenvalue weighted by Gasteiger charge is -2.02. The second kappa shape index (κ2) is 3.67. The van der Waals surface area contributed by atoms with Gasteiger partial charge >= 0.3 is 6.18 Å². The monoisotopic (exact) mass is 209 g/mol. The van der Waals surface area contributed by atoms with Gasteiger partial charge in [-0.3, -0.25) is 0 Å². The van der Waals surface area contributed by atoms with E-state index in [4.69, 9.17) is 5.73 Å². The van der Waals surface area contributed by atoms with Crippen LogP contribution in [0, 0.1) is 0 Å². The van der Waals surface area contributed by atoms with Crippen molar-refractivity contribution in [3.8, 4) is 0 Å². The van der Waals surface area contributed by atoms with E-state index >= 15 is 0 Å². The van der Waals surface area contributed by atoms with Gasteiger partial charge in [0.15, 0.2) is 0 Å². The van der Waals surface area contributed by atoms with E-state index < -0.39 is 11.1 Å². The molecule has 0 spiro atoms. The summed E-state index contributed by atoms with van der Waals surface area (Å²) >= 11 is 0.763. The molecule has 1 rings (SSSR count). The molecular formula is C8H10F3NS. The summed E-state index contributed by atoms with van der Waals surface area (Å²) in [5.74, 6) is 0. The van der Waals surface area contributed by atoms with Crippen molar-refractivity contribution < 1.29 is 13.2 Å². The van der Waals surface area contributed by atoms with Gasteiger partial charge in [0, 0.05) is 10.9 Å². The molecule has 1 atom stereocenters. The number of rotatable bonds is 2. The van der Waals surface area contributed by atoms with Crippen molar-refractivity contribution in [2.24, 2.45) is 5.73 Å². The van der Waals surface area contributed by atoms with E-state index in [1.54, 1.807) is 6.92 Å². The Balaban J connectivity index is 2.75. The SMILES string of the molecule is C[C@H](N)Cc1ccc(C(F)(F)F)s1. The number of hydrogen-bond acceptors (Lipinski definition) is 2. The van der Waals surface area contributed by atoms with Crippen molar-refractivity contribution in [2.45, 2.75) is 25.6 Å². The van der Waals surface area contributed by atoms with Crippen LogP contribution < -0.4 is 5.73 Å². The average Bonchev–Trinajstić information content (AvgIpc) is 2.32. The molecule has 1 heterocycles. The topological polar surface area (TPSA) is 26.0 Å². The highest BCUT2D eigenvalue weighted by atomic mass is 32.1. The highest BCUT2D eigenvalue weighted by molar-refractivity contribution is 7.12. The maximum absolute atomic E-state index is 12.1. The Hall–Kier alpha value is -0.550. The number of nitrogens with two attached hydrogens (primary N) is 1. The van der Waals surface area contributed by atoms with E-state index in [0.717, 1.165) is 17.4 Å². The molecule has 0 aliphatic rings. The number of thiophene rings is 1. The second-order valence-corrected chi connectivity index (χ2v) is 4.11. The predicted molar refractivity (Wildman–Crippen MR) is 46.7 cm³/mol. The quantitative estimate of drug-likeness (QED) is 0.796. The molecule has 0 fully saturated rings. The minimum atomic E-state index is -4.22. The van der Waals surface area contributed by atoms with Crippen LogP contribution in [0.4, 0.5) is 13.2 Å². The lowest BCUT2D eigenvalue weighted by atomic mass is 10.2. The van der Waals surface area contributed by atoms with Gasteiger partial charge < -0.3 is 5.73 Å². The first-order valence-electron chi connectivity index (χ1n) is 3.81. The van der Waals surface area contributed by atoms with Gasteiger partial charge in [0.1, 0.15) is 4.88 Å². The maximum Gasteiger partial charge on any atom is 0.425 e. The molecule has 0 saturated carbocycles. The van der Waals surface area contributed by atoms with Crippen LogP contribution in [0.3, 0.4) is 0 Å². The Labute approximate surface area is 78.4 Å². The molecule has 0 saturated heterocycles. The summed E-state index contributed by atoms with van der Waals surface area (Å²) in [7, 11) is 0. The van der Waals surface area contributed by atoms with Gasteiger partial charge in [-0.2, -0.15) is 13.2 Å². The second-order valence-electron chi connectivity index (χ2n) is 2.95. The Kier molecular flexibility index (Phi) is 2.98. The lowest BCUT2D eigenvalue weighted by Crippen LogP contribution is -2.16. The molecule has 0 unspecified atom stereocenters. The van der Waals surface area contributed by atoms with Crippen LogP contribution in [-0.2, 0) is 12.6 Å². The van der Waals surface area contributed by atoms with Crippen molar-refractivity contribution in [3.05, 3.63) is 21.9 Å². The van der Waals surface area contributed by atoms with Gasteiger partial charge in [0.05, 0.1) is 0 Å². The van der Waals surface area contributed by atoms with Crippen molar-refractivity contribution in [3.63, 3.8) is 0 Å². The smallest absolute Gasteiger partial charge is 0.328 e. The summed E-state index contributed by atoms with van der Waals surface area (Å²) in [5, 5.41) is 0. The average molecular weight is 209 g/mol. The van der Waals surface area contributed by atoms with Crippen LogP contribution in [0.5, 0.6) is 0 Å². The van der Waals surface area contributed by atoms with Crippen LogP contribution >= 0.6 is 11.3 Å². The third-order valence-corrected chi connectivity index (χ3v) is 2.62. The first kappa shape index (κ1) is 10.5. The normalized spacial score (nSPS) is 14.5. The molecule has 13 heavy (non-hydrogen) atoms. The summed E-state index contributed by atoms with van der Waals surface area (Å²) in [6.07, 6.45) is -3.72. The van der Waals surface area contributed by atoms with Crippen LogP contribution in [0.1, 0.15) is 16.7 Å². The van der Waals surface area contributed by atoms with Crippen LogP contribution in [-0.4, -0.2) is 6.04 Å². The van der Waals surface area contributed by atoms with Crippen molar-refractivity contribution in [2.75, 3.05) is 0 Å². The molecule has 0 aliphatic carbocycles. The summed E-state index contributed by atoms with van der Waals surface area (Å²) in [6, 6.07) is 2.49. The number of alkyl halides is 3. The molecule has 0 aliphatic heterocycles. The van der Waals surface area contributed by atoms with E-state index in [-0.39, 0.29) is 6.04 Å². The van der Waals surface area contributed by atoms with E-state index in [2.05, 4.69) is 0 Å². The molecule has 2 N–H and O–H groups in total. The predicted octanol–water partition coefficient (Wildman–Crippen LogP) is 2.66. The zero-order chi connectivity index (χ0) is 10.1. The third-order valence-electron chi connectivity index (χ3n) is 1.46. The Morgan fingerprint density at radius 3 is 2.46 bits per heavy atom. The molecule has 0 bridgehead atoms. The highest BCUT2D eigenvalue weighted by Gasteiger charge is 2.32. The summed E-state index contributed by atoms with van der Waals surface area (Å²) in [4.78, 5) is 0.130. The van der Waals surface area contributed by atoms with Crippen molar-refractivity contribution in [1.29, 1.82) is 0 Å². The standard InChI is InChI=1S/C8H10F3NS/c1-5(12)4-6-2-3-7(13-6)8(9,10)11/h2-3,5H,4,12H2,1H3/t5-/m0/s1. The van der Waals surface area contributed by atoms with E-state index in [1.165, 1.54) is 6.07 Å². The minimum absolute atomic E-state index is 0.0975. The Morgan fingerprint density at radius 2 is 2.08 bits per heavy atom. The fraction of sp³-hybridized carbons (Fsp3) is 0.500. The van der Waals surface area contributed by atoms with Gasteiger partial charge in [-0.15, -0.1) is 11.3 Å². The van der Waals surface area contributed by atoms with Gasteiger partial charge in [0.25, 0.3) is 0 Å². The molecule has 0 aromatic carbocycles. The number of hydrogen-bond donors (Lipinski definition) is 1. The summed E-state index contributed by atoms with van der Waals surface area (Å²) < 4.78 is 36.4. The fourth-order valence-corrected chi connectivity index (χ4v) is 1.97. The van der Waals surface area contributed by atoms with Crippen LogP contribution in [0.15, 0.2) is 12.1 Å². The first-order chi connectivity index (χ1) is 5.89. The third kappa shape index (κ3) is 3.00. The van der Waals surface area contributed by atoms with E-state index in [1.807, 2.05) is 0 Å². The molecule has 1 aromatic heterocycles. The van der Waals surface area contributed by atoms with Gasteiger partial charge in [-0.05, 0) is 25.5 Å². The van der Waals surface area contributed by atoms with Crippen LogP contribution in [0.2, 0.25) is 0 Å². The van der Waals surface area contributed by atoms with Crippen molar-refractivity contribution >= 4 is 11.3 Å². The van der Waals surface area contributed by atoms with E-state index in [0.29, 0.717) is 11.3 Å². The van der Waals surface area contributed by atoms with Gasteiger partial charge in [-0.1, -0.05) is 0 Å². The highest BCUT2D eigenvalue weighted by Crippen LogP contribution is 2.34. The summed E-state index contributed by atoms with van der Waals surface area (Å²) in [5.41, 5.74) is 5.47. The van der Waals surface area contributed by atoms with Crippen LogP contribution in [0.25, 0.3) is 0 Å². The molecule has 0 radical (unpaired) electrons. The minimum Gasteiger partial charge on any atom is -0.328 e. The molecular weight excluding hydrogens is 199 g/mol. The zero-order valence-electron chi connectivity index (χ0n) is 7.06.